The topological polar surface area (TPSA) is 57.0 Å². The zero-order valence-corrected chi connectivity index (χ0v) is 12.5. The molecule has 0 unspecified atom stereocenters. The van der Waals surface area contributed by atoms with Gasteiger partial charge in [-0.25, -0.2) is 4.98 Å². The number of hydrogen-bond acceptors (Lipinski definition) is 5. The lowest BCUT2D eigenvalue weighted by Crippen LogP contribution is -2.19. The van der Waals surface area contributed by atoms with Crippen molar-refractivity contribution in [1.29, 1.82) is 5.26 Å². The number of aromatic nitrogens is 1. The van der Waals surface area contributed by atoms with Crippen molar-refractivity contribution in [2.75, 3.05) is 11.9 Å². The molecule has 5 heteroatoms. The highest BCUT2D eigenvalue weighted by molar-refractivity contribution is 7.09. The molecule has 4 nitrogen and oxygen atoms in total. The highest BCUT2D eigenvalue weighted by Crippen LogP contribution is 2.25. The highest BCUT2D eigenvalue weighted by Gasteiger charge is 2.14. The smallest absolute Gasteiger partial charge is 0.161 e. The van der Waals surface area contributed by atoms with Crippen LogP contribution in [0.3, 0.4) is 0 Å². The highest BCUT2D eigenvalue weighted by atomic mass is 32.1. The van der Waals surface area contributed by atoms with E-state index < -0.39 is 0 Å². The summed E-state index contributed by atoms with van der Waals surface area (Å²) in [5, 5.41) is 9.01. The van der Waals surface area contributed by atoms with Crippen LogP contribution < -0.4 is 4.90 Å². The van der Waals surface area contributed by atoms with Gasteiger partial charge in [0.2, 0.25) is 0 Å². The minimum atomic E-state index is -0.00244. The lowest BCUT2D eigenvalue weighted by molar-refractivity contribution is 0.101. The Bertz CT molecular complexity index is 685. The van der Waals surface area contributed by atoms with Crippen molar-refractivity contribution in [2.24, 2.45) is 0 Å². The molecule has 102 valence electrons. The number of hydrogen-bond donors (Lipinski definition) is 0. The summed E-state index contributed by atoms with van der Waals surface area (Å²) in [6.07, 6.45) is 0. The molecule has 0 spiro atoms. The number of rotatable bonds is 4. The Kier molecular flexibility index (Phi) is 4.16. The van der Waals surface area contributed by atoms with Crippen LogP contribution in [-0.4, -0.2) is 17.8 Å². The van der Waals surface area contributed by atoms with Crippen LogP contribution in [0.15, 0.2) is 23.7 Å². The third-order valence-electron chi connectivity index (χ3n) is 3.14. The maximum absolute atomic E-state index is 11.7. The Morgan fingerprint density at radius 2 is 2.25 bits per heavy atom. The van der Waals surface area contributed by atoms with E-state index in [9.17, 15) is 4.79 Å². The normalized spacial score (nSPS) is 10.1. The first-order chi connectivity index (χ1) is 9.52. The molecule has 0 saturated heterocycles. The average molecular weight is 285 g/mol. The second-order valence-corrected chi connectivity index (χ2v) is 5.56. The molecule has 0 aliphatic heterocycles. The van der Waals surface area contributed by atoms with Crippen molar-refractivity contribution >= 4 is 22.8 Å². The van der Waals surface area contributed by atoms with Crippen molar-refractivity contribution in [2.45, 2.75) is 20.4 Å². The van der Waals surface area contributed by atoms with Gasteiger partial charge < -0.3 is 4.90 Å². The largest absolute Gasteiger partial charge is 0.369 e. The Balaban J connectivity index is 2.37. The van der Waals surface area contributed by atoms with Crippen molar-refractivity contribution in [3.05, 3.63) is 45.4 Å². The number of benzene rings is 1. The first kappa shape index (κ1) is 14.2. The summed E-state index contributed by atoms with van der Waals surface area (Å²) in [7, 11) is 1.92. The van der Waals surface area contributed by atoms with Gasteiger partial charge in [0.05, 0.1) is 29.4 Å². The SMILES string of the molecule is CC(=O)c1ccc(C#N)cc1N(C)Cc1scnc1C. The minimum absolute atomic E-state index is 0.00244. The van der Waals surface area contributed by atoms with E-state index >= 15 is 0 Å². The van der Waals surface area contributed by atoms with Crippen molar-refractivity contribution < 1.29 is 4.79 Å². The molecule has 0 bridgehead atoms. The first-order valence-corrected chi connectivity index (χ1v) is 7.06. The lowest BCUT2D eigenvalue weighted by atomic mass is 10.1. The average Bonchev–Trinajstić information content (AvgIpc) is 2.83. The third kappa shape index (κ3) is 2.86. The van der Waals surface area contributed by atoms with Crippen molar-refractivity contribution in [3.8, 4) is 6.07 Å². The number of carbonyl (C=O) groups excluding carboxylic acids is 1. The second-order valence-electron chi connectivity index (χ2n) is 4.62. The molecule has 0 N–H and O–H groups in total. The Morgan fingerprint density at radius 3 is 2.80 bits per heavy atom. The number of nitrogens with zero attached hydrogens (tertiary/aromatic N) is 3. The molecule has 2 aromatic rings. The zero-order chi connectivity index (χ0) is 14.7. The van der Waals surface area contributed by atoms with Gasteiger partial charge >= 0.3 is 0 Å². The van der Waals surface area contributed by atoms with Gasteiger partial charge in [0.15, 0.2) is 5.78 Å². The van der Waals surface area contributed by atoms with Crippen molar-refractivity contribution in [3.63, 3.8) is 0 Å². The molecule has 0 atom stereocenters. The molecule has 0 aliphatic rings. The van der Waals surface area contributed by atoms with Gasteiger partial charge in [-0.05, 0) is 32.0 Å². The van der Waals surface area contributed by atoms with Gasteiger partial charge in [-0.15, -0.1) is 11.3 Å². The van der Waals surface area contributed by atoms with Gasteiger partial charge in [-0.3, -0.25) is 4.79 Å². The van der Waals surface area contributed by atoms with E-state index in [-0.39, 0.29) is 5.78 Å². The molecule has 1 heterocycles. The van der Waals surface area contributed by atoms with E-state index in [0.717, 1.165) is 16.3 Å². The second kappa shape index (κ2) is 5.85. The van der Waals surface area contributed by atoms with Crippen LogP contribution in [0.5, 0.6) is 0 Å². The van der Waals surface area contributed by atoms with Crippen molar-refractivity contribution in [1.82, 2.24) is 4.98 Å². The Labute approximate surface area is 122 Å². The summed E-state index contributed by atoms with van der Waals surface area (Å²) < 4.78 is 0. The summed E-state index contributed by atoms with van der Waals surface area (Å²) in [4.78, 5) is 19.1. The fraction of sp³-hybridized carbons (Fsp3) is 0.267. The Hall–Kier alpha value is -2.19. The number of nitriles is 1. The lowest BCUT2D eigenvalue weighted by Gasteiger charge is -2.21. The molecule has 20 heavy (non-hydrogen) atoms. The van der Waals surface area contributed by atoms with E-state index in [1.807, 2.05) is 24.4 Å². The number of anilines is 1. The summed E-state index contributed by atoms with van der Waals surface area (Å²) >= 11 is 1.59. The standard InChI is InChI=1S/C15H15N3OS/c1-10-15(20-9-17-10)8-18(3)14-6-12(7-16)4-5-13(14)11(2)19/h4-6,9H,8H2,1-3H3. The summed E-state index contributed by atoms with van der Waals surface area (Å²) in [5.41, 5.74) is 4.79. The predicted molar refractivity (Wildman–Crippen MR) is 80.1 cm³/mol. The molecule has 0 saturated carbocycles. The van der Waals surface area contributed by atoms with E-state index in [4.69, 9.17) is 5.26 Å². The number of carbonyl (C=O) groups is 1. The van der Waals surface area contributed by atoms with Gasteiger partial charge in [0, 0.05) is 23.2 Å². The van der Waals surface area contributed by atoms with E-state index in [1.165, 1.54) is 6.92 Å². The van der Waals surface area contributed by atoms with Crippen LogP contribution in [-0.2, 0) is 6.54 Å². The summed E-state index contributed by atoms with van der Waals surface area (Å²) in [6, 6.07) is 7.26. The molecule has 1 aromatic heterocycles. The van der Waals surface area contributed by atoms with E-state index in [0.29, 0.717) is 17.7 Å². The number of Topliss-reactive ketones (excluding diaryl/α,β-unsaturated/α-hetero) is 1. The quantitative estimate of drug-likeness (QED) is 0.810. The fourth-order valence-corrected chi connectivity index (χ4v) is 2.82. The van der Waals surface area contributed by atoms with E-state index in [2.05, 4.69) is 11.1 Å². The molecule has 0 aliphatic carbocycles. The molecule has 0 radical (unpaired) electrons. The number of thiazole rings is 1. The van der Waals surface area contributed by atoms with Crippen LogP contribution in [0.25, 0.3) is 0 Å². The monoisotopic (exact) mass is 285 g/mol. The molecule has 1 aromatic carbocycles. The van der Waals surface area contributed by atoms with Crippen LogP contribution in [0.2, 0.25) is 0 Å². The summed E-state index contributed by atoms with van der Waals surface area (Å²) in [5.74, 6) is -0.00244. The van der Waals surface area contributed by atoms with Gasteiger partial charge in [-0.1, -0.05) is 0 Å². The van der Waals surface area contributed by atoms with Gasteiger partial charge in [0.25, 0.3) is 0 Å². The van der Waals surface area contributed by atoms with Gasteiger partial charge in [0.1, 0.15) is 0 Å². The van der Waals surface area contributed by atoms with Crippen LogP contribution in [0.1, 0.15) is 33.4 Å². The molecular formula is C15H15N3OS. The predicted octanol–water partition coefficient (Wildman–Crippen LogP) is 3.16. The number of ketones is 1. The summed E-state index contributed by atoms with van der Waals surface area (Å²) in [6.45, 7) is 4.18. The molecule has 0 amide bonds. The zero-order valence-electron chi connectivity index (χ0n) is 11.7. The molecule has 2 rings (SSSR count). The van der Waals surface area contributed by atoms with E-state index in [1.54, 1.807) is 29.5 Å². The Morgan fingerprint density at radius 1 is 1.50 bits per heavy atom. The van der Waals surface area contributed by atoms with Crippen LogP contribution in [0, 0.1) is 18.3 Å². The third-order valence-corrected chi connectivity index (χ3v) is 4.06. The molecule has 0 fully saturated rings. The molecular weight excluding hydrogens is 270 g/mol. The minimum Gasteiger partial charge on any atom is -0.369 e. The van der Waals surface area contributed by atoms with Crippen LogP contribution in [0.4, 0.5) is 5.69 Å². The maximum atomic E-state index is 11.7. The first-order valence-electron chi connectivity index (χ1n) is 6.18. The van der Waals surface area contributed by atoms with Crippen LogP contribution >= 0.6 is 11.3 Å². The van der Waals surface area contributed by atoms with Gasteiger partial charge in [-0.2, -0.15) is 5.26 Å². The maximum Gasteiger partial charge on any atom is 0.161 e. The fourth-order valence-electron chi connectivity index (χ4n) is 1.99. The number of aryl methyl sites for hydroxylation is 1.